The third-order valence-electron chi connectivity index (χ3n) is 3.31. The highest BCUT2D eigenvalue weighted by Gasteiger charge is 2.17. The SMILES string of the molecule is Cc1cccc(CN2CCN(CC(N)=NO)CC2)n1. The highest BCUT2D eigenvalue weighted by Crippen LogP contribution is 2.07. The number of rotatable bonds is 4. The lowest BCUT2D eigenvalue weighted by Gasteiger charge is -2.34. The van der Waals surface area contributed by atoms with Gasteiger partial charge in [-0.3, -0.25) is 14.8 Å². The van der Waals surface area contributed by atoms with E-state index in [4.69, 9.17) is 10.9 Å². The van der Waals surface area contributed by atoms with Crippen molar-refractivity contribution >= 4 is 5.84 Å². The van der Waals surface area contributed by atoms with E-state index in [1.54, 1.807) is 0 Å². The van der Waals surface area contributed by atoms with Crippen LogP contribution in [-0.2, 0) is 6.54 Å². The number of hydrogen-bond acceptors (Lipinski definition) is 5. The standard InChI is InChI=1S/C13H21N5O/c1-11-3-2-4-12(15-11)9-17-5-7-18(8-6-17)10-13(14)16-19/h2-4,19H,5-10H2,1H3,(H2,14,16). The molecule has 0 radical (unpaired) electrons. The fraction of sp³-hybridized carbons (Fsp3) is 0.538. The molecule has 0 aromatic carbocycles. The molecule has 1 saturated heterocycles. The maximum Gasteiger partial charge on any atom is 0.153 e. The summed E-state index contributed by atoms with van der Waals surface area (Å²) in [5, 5.41) is 11.6. The van der Waals surface area contributed by atoms with Crippen molar-refractivity contribution in [3.05, 3.63) is 29.6 Å². The number of piperazine rings is 1. The van der Waals surface area contributed by atoms with Gasteiger partial charge in [0, 0.05) is 38.4 Å². The van der Waals surface area contributed by atoms with Gasteiger partial charge in [-0.1, -0.05) is 11.2 Å². The van der Waals surface area contributed by atoms with Gasteiger partial charge >= 0.3 is 0 Å². The maximum atomic E-state index is 8.56. The molecule has 2 rings (SSSR count). The van der Waals surface area contributed by atoms with E-state index in [0.29, 0.717) is 6.54 Å². The van der Waals surface area contributed by atoms with Crippen molar-refractivity contribution in [3.63, 3.8) is 0 Å². The molecule has 0 spiro atoms. The third kappa shape index (κ3) is 4.18. The topological polar surface area (TPSA) is 78.0 Å². The first kappa shape index (κ1) is 13.8. The number of pyridine rings is 1. The number of aromatic nitrogens is 1. The second-order valence-corrected chi connectivity index (χ2v) is 4.91. The van der Waals surface area contributed by atoms with Crippen LogP contribution in [0.25, 0.3) is 0 Å². The molecule has 6 heteroatoms. The Balaban J connectivity index is 1.80. The van der Waals surface area contributed by atoms with E-state index in [-0.39, 0.29) is 5.84 Å². The molecule has 2 heterocycles. The summed E-state index contributed by atoms with van der Waals surface area (Å²) in [4.78, 5) is 9.09. The molecule has 6 nitrogen and oxygen atoms in total. The first-order valence-electron chi connectivity index (χ1n) is 6.51. The van der Waals surface area contributed by atoms with Crippen molar-refractivity contribution in [1.29, 1.82) is 0 Å². The van der Waals surface area contributed by atoms with Gasteiger partial charge in [-0.15, -0.1) is 0 Å². The van der Waals surface area contributed by atoms with Crippen molar-refractivity contribution < 1.29 is 5.21 Å². The highest BCUT2D eigenvalue weighted by atomic mass is 16.4. The molecule has 0 aliphatic carbocycles. The van der Waals surface area contributed by atoms with Gasteiger partial charge in [0.2, 0.25) is 0 Å². The van der Waals surface area contributed by atoms with E-state index in [1.165, 1.54) is 0 Å². The van der Waals surface area contributed by atoms with Gasteiger partial charge in [0.25, 0.3) is 0 Å². The molecule has 0 amide bonds. The summed E-state index contributed by atoms with van der Waals surface area (Å²) in [6.45, 7) is 7.26. The number of hydrogen-bond donors (Lipinski definition) is 2. The van der Waals surface area contributed by atoms with E-state index in [2.05, 4.69) is 26.0 Å². The molecule has 1 fully saturated rings. The second kappa shape index (κ2) is 6.49. The highest BCUT2D eigenvalue weighted by molar-refractivity contribution is 5.81. The molecule has 0 bridgehead atoms. The lowest BCUT2D eigenvalue weighted by molar-refractivity contribution is 0.137. The molecule has 0 saturated carbocycles. The van der Waals surface area contributed by atoms with Crippen LogP contribution >= 0.6 is 0 Å². The van der Waals surface area contributed by atoms with E-state index in [0.717, 1.165) is 44.1 Å². The van der Waals surface area contributed by atoms with Crippen LogP contribution in [0.1, 0.15) is 11.4 Å². The van der Waals surface area contributed by atoms with Crippen molar-refractivity contribution in [2.45, 2.75) is 13.5 Å². The minimum absolute atomic E-state index is 0.272. The molecule has 1 aromatic heterocycles. The first-order valence-corrected chi connectivity index (χ1v) is 6.51. The number of oxime groups is 1. The van der Waals surface area contributed by atoms with Crippen molar-refractivity contribution in [2.24, 2.45) is 10.9 Å². The van der Waals surface area contributed by atoms with Gasteiger partial charge < -0.3 is 10.9 Å². The molecule has 19 heavy (non-hydrogen) atoms. The zero-order chi connectivity index (χ0) is 13.7. The Hall–Kier alpha value is -1.66. The maximum absolute atomic E-state index is 8.56. The largest absolute Gasteiger partial charge is 0.409 e. The van der Waals surface area contributed by atoms with Crippen LogP contribution in [-0.4, -0.2) is 58.6 Å². The van der Waals surface area contributed by atoms with Gasteiger partial charge in [0.05, 0.1) is 12.2 Å². The van der Waals surface area contributed by atoms with Crippen LogP contribution in [0.3, 0.4) is 0 Å². The van der Waals surface area contributed by atoms with Crippen molar-refractivity contribution in [1.82, 2.24) is 14.8 Å². The number of amidine groups is 1. The van der Waals surface area contributed by atoms with Crippen LogP contribution in [0, 0.1) is 6.92 Å². The molecule has 1 aromatic rings. The van der Waals surface area contributed by atoms with Crippen LogP contribution in [0.15, 0.2) is 23.4 Å². The third-order valence-corrected chi connectivity index (χ3v) is 3.31. The van der Waals surface area contributed by atoms with Crippen molar-refractivity contribution in [2.75, 3.05) is 32.7 Å². The van der Waals surface area contributed by atoms with Crippen LogP contribution < -0.4 is 5.73 Å². The minimum Gasteiger partial charge on any atom is -0.409 e. The lowest BCUT2D eigenvalue weighted by Crippen LogP contribution is -2.48. The average Bonchev–Trinajstić information content (AvgIpc) is 2.41. The Morgan fingerprint density at radius 3 is 2.63 bits per heavy atom. The zero-order valence-electron chi connectivity index (χ0n) is 11.3. The predicted molar refractivity (Wildman–Crippen MR) is 74.1 cm³/mol. The Morgan fingerprint density at radius 2 is 2.00 bits per heavy atom. The van der Waals surface area contributed by atoms with Gasteiger partial charge in [-0.25, -0.2) is 0 Å². The van der Waals surface area contributed by atoms with Crippen LogP contribution in [0.2, 0.25) is 0 Å². The lowest BCUT2D eigenvalue weighted by atomic mass is 10.2. The Labute approximate surface area is 113 Å². The molecule has 0 atom stereocenters. The summed E-state index contributed by atoms with van der Waals surface area (Å²) in [5.41, 5.74) is 7.69. The first-order chi connectivity index (χ1) is 9.17. The molecular formula is C13H21N5O. The quantitative estimate of drug-likeness (QED) is 0.352. The van der Waals surface area contributed by atoms with Crippen molar-refractivity contribution in [3.8, 4) is 0 Å². The Bertz CT molecular complexity index is 440. The van der Waals surface area contributed by atoms with Crippen LogP contribution in [0.5, 0.6) is 0 Å². The number of nitrogens with zero attached hydrogens (tertiary/aromatic N) is 4. The summed E-state index contributed by atoms with van der Waals surface area (Å²) >= 11 is 0. The van der Waals surface area contributed by atoms with Gasteiger partial charge in [-0.2, -0.15) is 0 Å². The van der Waals surface area contributed by atoms with E-state index < -0.39 is 0 Å². The van der Waals surface area contributed by atoms with Gasteiger partial charge in [-0.05, 0) is 19.1 Å². The molecular weight excluding hydrogens is 242 g/mol. The predicted octanol–water partition coefficient (Wildman–Crippen LogP) is 0.254. The van der Waals surface area contributed by atoms with E-state index in [1.807, 2.05) is 19.1 Å². The smallest absolute Gasteiger partial charge is 0.153 e. The fourth-order valence-electron chi connectivity index (χ4n) is 2.28. The molecule has 0 unspecified atom stereocenters. The Morgan fingerprint density at radius 1 is 1.32 bits per heavy atom. The fourth-order valence-corrected chi connectivity index (χ4v) is 2.28. The number of aryl methyl sites for hydroxylation is 1. The molecule has 104 valence electrons. The zero-order valence-corrected chi connectivity index (χ0v) is 11.3. The van der Waals surface area contributed by atoms with E-state index in [9.17, 15) is 0 Å². The second-order valence-electron chi connectivity index (χ2n) is 4.91. The summed E-state index contributed by atoms with van der Waals surface area (Å²) < 4.78 is 0. The van der Waals surface area contributed by atoms with Crippen LogP contribution in [0.4, 0.5) is 0 Å². The monoisotopic (exact) mass is 263 g/mol. The summed E-state index contributed by atoms with van der Waals surface area (Å²) in [7, 11) is 0. The average molecular weight is 263 g/mol. The summed E-state index contributed by atoms with van der Waals surface area (Å²) in [5.74, 6) is 0.272. The molecule has 1 aliphatic rings. The Kier molecular flexibility index (Phi) is 4.70. The van der Waals surface area contributed by atoms with Gasteiger partial charge in [0.1, 0.15) is 0 Å². The van der Waals surface area contributed by atoms with Gasteiger partial charge in [0.15, 0.2) is 5.84 Å². The summed E-state index contributed by atoms with van der Waals surface area (Å²) in [6, 6.07) is 6.13. The summed E-state index contributed by atoms with van der Waals surface area (Å²) in [6.07, 6.45) is 0. The minimum atomic E-state index is 0.272. The normalized spacial score (nSPS) is 18.7. The molecule has 1 aliphatic heterocycles. The molecule has 3 N–H and O–H groups in total. The van der Waals surface area contributed by atoms with E-state index >= 15 is 0 Å². The number of nitrogens with two attached hydrogens (primary N) is 1.